The number of hydrogen-bond donors (Lipinski definition) is 1. The molecule has 0 unspecified atom stereocenters. The molecule has 0 amide bonds. The smallest absolute Gasteiger partial charge is 0.306 e. The van der Waals surface area contributed by atoms with E-state index < -0.39 is 5.97 Å². The number of rotatable bonds is 1. The second-order valence-electron chi connectivity index (χ2n) is 2.92. The van der Waals surface area contributed by atoms with E-state index in [-0.39, 0.29) is 5.92 Å². The average molecular weight is 184 g/mol. The highest BCUT2D eigenvalue weighted by molar-refractivity contribution is 7.05. The van der Waals surface area contributed by atoms with Crippen molar-refractivity contribution < 1.29 is 9.90 Å². The molecule has 1 heterocycles. The summed E-state index contributed by atoms with van der Waals surface area (Å²) in [5.74, 6) is -0.963. The van der Waals surface area contributed by atoms with E-state index in [0.29, 0.717) is 6.42 Å². The van der Waals surface area contributed by atoms with Crippen LogP contribution < -0.4 is 0 Å². The number of aryl methyl sites for hydroxylation is 1. The minimum Gasteiger partial charge on any atom is -0.481 e. The predicted molar refractivity (Wildman–Crippen MR) is 43.1 cm³/mol. The summed E-state index contributed by atoms with van der Waals surface area (Å²) in [6.45, 7) is 0. The van der Waals surface area contributed by atoms with Crippen molar-refractivity contribution in [2.45, 2.75) is 19.3 Å². The second-order valence-corrected chi connectivity index (χ2v) is 3.76. The first-order valence-electron chi connectivity index (χ1n) is 3.80. The molecule has 0 aromatic carbocycles. The molecule has 0 bridgehead atoms. The number of carboxylic acid groups (broad SMARTS) is 1. The number of carbonyl (C=O) groups is 1. The van der Waals surface area contributed by atoms with Gasteiger partial charge in [0.1, 0.15) is 0 Å². The SMILES string of the molecule is O=C(O)[C@@H]1CCc2snnc2C1. The lowest BCUT2D eigenvalue weighted by Crippen LogP contribution is -2.21. The molecule has 0 aliphatic heterocycles. The summed E-state index contributed by atoms with van der Waals surface area (Å²) < 4.78 is 3.80. The Morgan fingerprint density at radius 2 is 2.50 bits per heavy atom. The predicted octanol–water partition coefficient (Wildman–Crippen LogP) is 0.728. The van der Waals surface area contributed by atoms with Crippen LogP contribution >= 0.6 is 11.5 Å². The van der Waals surface area contributed by atoms with Gasteiger partial charge >= 0.3 is 5.97 Å². The third-order valence-electron chi connectivity index (χ3n) is 2.14. The summed E-state index contributed by atoms with van der Waals surface area (Å²) in [4.78, 5) is 11.8. The highest BCUT2D eigenvalue weighted by Crippen LogP contribution is 2.25. The van der Waals surface area contributed by atoms with Crippen molar-refractivity contribution in [2.24, 2.45) is 5.92 Å². The summed E-state index contributed by atoms with van der Waals surface area (Å²) in [5, 5.41) is 12.7. The van der Waals surface area contributed by atoms with Gasteiger partial charge in [0.2, 0.25) is 0 Å². The monoisotopic (exact) mass is 184 g/mol. The summed E-state index contributed by atoms with van der Waals surface area (Å²) in [6, 6.07) is 0. The zero-order chi connectivity index (χ0) is 8.55. The van der Waals surface area contributed by atoms with E-state index in [4.69, 9.17) is 5.11 Å². The standard InChI is InChI=1S/C7H8N2O2S/c10-7(11)4-1-2-6-5(3-4)8-9-12-6/h4H,1-3H2,(H,10,11)/t4-/m1/s1. The maximum atomic E-state index is 10.6. The molecule has 5 heteroatoms. The molecule has 0 saturated heterocycles. The van der Waals surface area contributed by atoms with Crippen LogP contribution in [-0.4, -0.2) is 20.7 Å². The Labute approximate surface area is 73.4 Å². The molecule has 0 radical (unpaired) electrons. The molecule has 1 aliphatic carbocycles. The molecule has 64 valence electrons. The summed E-state index contributed by atoms with van der Waals surface area (Å²) in [7, 11) is 0. The van der Waals surface area contributed by atoms with Crippen LogP contribution in [0.4, 0.5) is 0 Å². The van der Waals surface area contributed by atoms with Crippen molar-refractivity contribution >= 4 is 17.5 Å². The second kappa shape index (κ2) is 2.82. The quantitative estimate of drug-likeness (QED) is 0.698. The lowest BCUT2D eigenvalue weighted by atomic mass is 9.91. The molecular formula is C7H8N2O2S. The number of carboxylic acids is 1. The molecule has 2 rings (SSSR count). The van der Waals surface area contributed by atoms with Crippen molar-refractivity contribution in [3.63, 3.8) is 0 Å². The Kier molecular flexibility index (Phi) is 1.80. The van der Waals surface area contributed by atoms with Crippen LogP contribution in [0.5, 0.6) is 0 Å². The molecule has 1 aliphatic rings. The fourth-order valence-electron chi connectivity index (χ4n) is 1.42. The minimum absolute atomic E-state index is 0.249. The minimum atomic E-state index is -0.714. The van der Waals surface area contributed by atoms with Crippen LogP contribution in [0.3, 0.4) is 0 Å². The van der Waals surface area contributed by atoms with Crippen molar-refractivity contribution in [1.82, 2.24) is 9.59 Å². The van der Waals surface area contributed by atoms with E-state index in [1.54, 1.807) is 0 Å². The van der Waals surface area contributed by atoms with Crippen LogP contribution in [0.2, 0.25) is 0 Å². The van der Waals surface area contributed by atoms with Gasteiger partial charge in [-0.15, -0.1) is 5.10 Å². The largest absolute Gasteiger partial charge is 0.481 e. The van der Waals surface area contributed by atoms with Crippen molar-refractivity contribution in [3.8, 4) is 0 Å². The van der Waals surface area contributed by atoms with Crippen LogP contribution in [-0.2, 0) is 17.6 Å². The van der Waals surface area contributed by atoms with Gasteiger partial charge in [-0.2, -0.15) is 0 Å². The zero-order valence-corrected chi connectivity index (χ0v) is 7.17. The van der Waals surface area contributed by atoms with E-state index in [2.05, 4.69) is 9.59 Å². The molecule has 12 heavy (non-hydrogen) atoms. The molecule has 1 aromatic heterocycles. The molecule has 4 nitrogen and oxygen atoms in total. The van der Waals surface area contributed by atoms with Crippen molar-refractivity contribution in [3.05, 3.63) is 10.6 Å². The van der Waals surface area contributed by atoms with Gasteiger partial charge in [0.15, 0.2) is 0 Å². The molecular weight excluding hydrogens is 176 g/mol. The van der Waals surface area contributed by atoms with Gasteiger partial charge < -0.3 is 5.11 Å². The van der Waals surface area contributed by atoms with Crippen molar-refractivity contribution in [2.75, 3.05) is 0 Å². The van der Waals surface area contributed by atoms with E-state index in [1.807, 2.05) is 0 Å². The normalized spacial score (nSPS) is 21.8. The van der Waals surface area contributed by atoms with Gasteiger partial charge in [0.05, 0.1) is 11.6 Å². The first-order valence-corrected chi connectivity index (χ1v) is 4.57. The average Bonchev–Trinajstić information content (AvgIpc) is 2.49. The topological polar surface area (TPSA) is 63.1 Å². The maximum absolute atomic E-state index is 10.6. The Hall–Kier alpha value is -0.970. The Balaban J connectivity index is 2.20. The molecule has 1 atom stereocenters. The highest BCUT2D eigenvalue weighted by atomic mass is 32.1. The molecule has 0 saturated carbocycles. The third kappa shape index (κ3) is 1.20. The Bertz CT molecular complexity index is 310. The number of fused-ring (bicyclic) bond motifs is 1. The number of aliphatic carboxylic acids is 1. The van der Waals surface area contributed by atoms with Crippen molar-refractivity contribution in [1.29, 1.82) is 0 Å². The Morgan fingerprint density at radius 3 is 3.25 bits per heavy atom. The van der Waals surface area contributed by atoms with Gasteiger partial charge in [-0.3, -0.25) is 4.79 Å². The first-order chi connectivity index (χ1) is 5.77. The summed E-state index contributed by atoms with van der Waals surface area (Å²) >= 11 is 1.39. The van der Waals surface area contributed by atoms with Crippen LogP contribution in [0, 0.1) is 5.92 Å². The fourth-order valence-corrected chi connectivity index (χ4v) is 2.10. The third-order valence-corrected chi connectivity index (χ3v) is 2.97. The fraction of sp³-hybridized carbons (Fsp3) is 0.571. The maximum Gasteiger partial charge on any atom is 0.306 e. The van der Waals surface area contributed by atoms with Gasteiger partial charge in [-0.25, -0.2) is 0 Å². The number of aromatic nitrogens is 2. The van der Waals surface area contributed by atoms with Gasteiger partial charge in [-0.1, -0.05) is 4.49 Å². The van der Waals surface area contributed by atoms with E-state index in [0.717, 1.165) is 23.4 Å². The van der Waals surface area contributed by atoms with Gasteiger partial charge in [-0.05, 0) is 24.4 Å². The molecule has 1 N–H and O–H groups in total. The molecule has 0 spiro atoms. The molecule has 1 aromatic rings. The summed E-state index contributed by atoms with van der Waals surface area (Å²) in [6.07, 6.45) is 2.11. The Morgan fingerprint density at radius 1 is 1.67 bits per heavy atom. The first kappa shape index (κ1) is 7.67. The van der Waals surface area contributed by atoms with E-state index in [1.165, 1.54) is 11.5 Å². The van der Waals surface area contributed by atoms with Gasteiger partial charge in [0, 0.05) is 11.3 Å². The zero-order valence-electron chi connectivity index (χ0n) is 6.36. The van der Waals surface area contributed by atoms with E-state index in [9.17, 15) is 4.79 Å². The van der Waals surface area contributed by atoms with Crippen LogP contribution in [0.1, 0.15) is 17.0 Å². The highest BCUT2D eigenvalue weighted by Gasteiger charge is 2.26. The number of nitrogens with zero attached hydrogens (tertiary/aromatic N) is 2. The van der Waals surface area contributed by atoms with Gasteiger partial charge in [0.25, 0.3) is 0 Å². The van der Waals surface area contributed by atoms with Crippen LogP contribution in [0.25, 0.3) is 0 Å². The number of hydrogen-bond acceptors (Lipinski definition) is 4. The lowest BCUT2D eigenvalue weighted by molar-refractivity contribution is -0.142. The summed E-state index contributed by atoms with van der Waals surface area (Å²) in [5.41, 5.74) is 0.888. The van der Waals surface area contributed by atoms with E-state index >= 15 is 0 Å². The lowest BCUT2D eigenvalue weighted by Gasteiger charge is -2.15. The van der Waals surface area contributed by atoms with Crippen LogP contribution in [0.15, 0.2) is 0 Å². The molecule has 0 fully saturated rings.